The van der Waals surface area contributed by atoms with Gasteiger partial charge in [-0.15, -0.1) is 11.3 Å². The third-order valence-corrected chi connectivity index (χ3v) is 3.61. The number of nitrogens with one attached hydrogen (secondary N) is 1. The van der Waals surface area contributed by atoms with Crippen LogP contribution in [0.5, 0.6) is 0 Å². The molecule has 0 saturated carbocycles. The number of hydrogen-bond acceptors (Lipinski definition) is 5. The van der Waals surface area contributed by atoms with Crippen molar-refractivity contribution in [3.8, 4) is 6.07 Å². The van der Waals surface area contributed by atoms with Crippen LogP contribution in [-0.4, -0.2) is 26.5 Å². The van der Waals surface area contributed by atoms with E-state index in [-0.39, 0.29) is 11.6 Å². The monoisotopic (exact) mass is 238 g/mol. The molecule has 0 unspecified atom stereocenters. The normalized spacial score (nSPS) is 9.62. The molecule has 1 aromatic rings. The molecule has 1 rings (SSSR count). The lowest BCUT2D eigenvalue weighted by molar-refractivity contribution is 0.0968. The average Bonchev–Trinajstić information content (AvgIpc) is 2.64. The van der Waals surface area contributed by atoms with Crippen molar-refractivity contribution < 1.29 is 4.79 Å². The van der Waals surface area contributed by atoms with Gasteiger partial charge in [0.2, 0.25) is 0 Å². The molecule has 0 atom stereocenters. The van der Waals surface area contributed by atoms with Crippen molar-refractivity contribution in [3.05, 3.63) is 10.4 Å². The highest BCUT2D eigenvalue weighted by Crippen LogP contribution is 2.36. The molecular weight excluding hydrogens is 224 g/mol. The minimum Gasteiger partial charge on any atom is -0.396 e. The van der Waals surface area contributed by atoms with Gasteiger partial charge in [-0.3, -0.25) is 4.79 Å². The third-order valence-electron chi connectivity index (χ3n) is 2.29. The van der Waals surface area contributed by atoms with Gasteiger partial charge >= 0.3 is 0 Å². The lowest BCUT2D eigenvalue weighted by Gasteiger charge is -2.13. The first-order valence-electron chi connectivity index (χ1n) is 4.82. The molecule has 0 aliphatic rings. The highest BCUT2D eigenvalue weighted by molar-refractivity contribution is 7.19. The second-order valence-corrected chi connectivity index (χ2v) is 4.23. The van der Waals surface area contributed by atoms with Gasteiger partial charge in [-0.05, 0) is 6.92 Å². The summed E-state index contributed by atoms with van der Waals surface area (Å²) in [6.07, 6.45) is 0. The van der Waals surface area contributed by atoms with Gasteiger partial charge in [-0.2, -0.15) is 5.26 Å². The van der Waals surface area contributed by atoms with Crippen molar-refractivity contribution in [3.63, 3.8) is 0 Å². The molecule has 0 aliphatic carbocycles. The van der Waals surface area contributed by atoms with Crippen molar-refractivity contribution in [1.29, 1.82) is 5.26 Å². The standard InChI is InChI=1S/C10H14N4OS/c1-4-14(3)10-6(5-11)7(12)8(16-10)9(15)13-2/h4,12H2,1-3H3,(H,13,15). The van der Waals surface area contributed by atoms with E-state index in [1.807, 2.05) is 24.9 Å². The number of carbonyl (C=O) groups is 1. The van der Waals surface area contributed by atoms with Crippen LogP contribution in [0.4, 0.5) is 10.7 Å². The highest BCUT2D eigenvalue weighted by Gasteiger charge is 2.21. The van der Waals surface area contributed by atoms with Crippen LogP contribution in [0.3, 0.4) is 0 Å². The van der Waals surface area contributed by atoms with Crippen LogP contribution in [-0.2, 0) is 0 Å². The Morgan fingerprint density at radius 2 is 2.31 bits per heavy atom. The van der Waals surface area contributed by atoms with Crippen molar-refractivity contribution in [1.82, 2.24) is 5.32 Å². The van der Waals surface area contributed by atoms with Crippen molar-refractivity contribution in [2.75, 3.05) is 31.3 Å². The lowest BCUT2D eigenvalue weighted by Crippen LogP contribution is -2.17. The van der Waals surface area contributed by atoms with Crippen LogP contribution in [0, 0.1) is 11.3 Å². The molecule has 1 aromatic heterocycles. The van der Waals surface area contributed by atoms with Gasteiger partial charge in [0.15, 0.2) is 0 Å². The highest BCUT2D eigenvalue weighted by atomic mass is 32.1. The van der Waals surface area contributed by atoms with Crippen LogP contribution >= 0.6 is 11.3 Å². The zero-order chi connectivity index (χ0) is 12.3. The van der Waals surface area contributed by atoms with E-state index in [0.717, 1.165) is 11.5 Å². The predicted octanol–water partition coefficient (Wildman–Crippen LogP) is 1.02. The maximum atomic E-state index is 11.5. The van der Waals surface area contributed by atoms with Gasteiger partial charge in [-0.25, -0.2) is 0 Å². The molecule has 0 spiro atoms. The molecule has 6 heteroatoms. The molecule has 0 aliphatic heterocycles. The maximum absolute atomic E-state index is 11.5. The van der Waals surface area contributed by atoms with Gasteiger partial charge in [0.1, 0.15) is 21.5 Å². The van der Waals surface area contributed by atoms with Gasteiger partial charge in [-0.1, -0.05) is 0 Å². The zero-order valence-electron chi connectivity index (χ0n) is 9.50. The number of nitrogens with zero attached hydrogens (tertiary/aromatic N) is 2. The molecule has 0 bridgehead atoms. The topological polar surface area (TPSA) is 82.2 Å². The van der Waals surface area contributed by atoms with Crippen LogP contribution in [0.1, 0.15) is 22.2 Å². The second kappa shape index (κ2) is 4.86. The fourth-order valence-electron chi connectivity index (χ4n) is 1.23. The average molecular weight is 238 g/mol. The molecule has 5 nitrogen and oxygen atoms in total. The summed E-state index contributed by atoms with van der Waals surface area (Å²) in [5.41, 5.74) is 6.43. The molecular formula is C10H14N4OS. The molecule has 1 heterocycles. The molecule has 86 valence electrons. The summed E-state index contributed by atoms with van der Waals surface area (Å²) in [5.74, 6) is -0.255. The van der Waals surface area contributed by atoms with Crippen LogP contribution in [0.2, 0.25) is 0 Å². The van der Waals surface area contributed by atoms with E-state index in [2.05, 4.69) is 5.32 Å². The predicted molar refractivity (Wildman–Crippen MR) is 65.8 cm³/mol. The fourth-order valence-corrected chi connectivity index (χ4v) is 2.38. The first-order chi connectivity index (χ1) is 7.56. The van der Waals surface area contributed by atoms with E-state index in [1.165, 1.54) is 18.4 Å². The lowest BCUT2D eigenvalue weighted by atomic mass is 10.2. The summed E-state index contributed by atoms with van der Waals surface area (Å²) in [7, 11) is 3.40. The summed E-state index contributed by atoms with van der Waals surface area (Å²) >= 11 is 1.24. The first kappa shape index (κ1) is 12.3. The van der Waals surface area contributed by atoms with Crippen LogP contribution in [0.15, 0.2) is 0 Å². The van der Waals surface area contributed by atoms with Gasteiger partial charge < -0.3 is 16.0 Å². The molecule has 0 aromatic carbocycles. The van der Waals surface area contributed by atoms with Crippen molar-refractivity contribution in [2.24, 2.45) is 0 Å². The van der Waals surface area contributed by atoms with E-state index < -0.39 is 0 Å². The van der Waals surface area contributed by atoms with E-state index in [4.69, 9.17) is 11.0 Å². The van der Waals surface area contributed by atoms with E-state index in [0.29, 0.717) is 10.4 Å². The van der Waals surface area contributed by atoms with E-state index >= 15 is 0 Å². The maximum Gasteiger partial charge on any atom is 0.263 e. The number of thiophene rings is 1. The summed E-state index contributed by atoms with van der Waals surface area (Å²) in [4.78, 5) is 13.8. The quantitative estimate of drug-likeness (QED) is 0.823. The number of carbonyl (C=O) groups excluding carboxylic acids is 1. The molecule has 1 amide bonds. The van der Waals surface area contributed by atoms with Crippen LogP contribution in [0.25, 0.3) is 0 Å². The minimum atomic E-state index is -0.255. The SMILES string of the molecule is CCN(C)c1sc(C(=O)NC)c(N)c1C#N. The Bertz CT molecular complexity index is 446. The number of nitrogens with two attached hydrogens (primary N) is 1. The molecule has 3 N–H and O–H groups in total. The van der Waals surface area contributed by atoms with Crippen LogP contribution < -0.4 is 16.0 Å². The summed E-state index contributed by atoms with van der Waals surface area (Å²) < 4.78 is 0. The molecule has 0 fully saturated rings. The van der Waals surface area contributed by atoms with Crippen molar-refractivity contribution >= 4 is 27.9 Å². The first-order valence-corrected chi connectivity index (χ1v) is 5.64. The smallest absolute Gasteiger partial charge is 0.263 e. The Balaban J connectivity index is 3.32. The van der Waals surface area contributed by atoms with Gasteiger partial charge in [0.05, 0.1) is 5.69 Å². The number of nitrogen functional groups attached to an aromatic ring is 1. The van der Waals surface area contributed by atoms with Crippen molar-refractivity contribution in [2.45, 2.75) is 6.92 Å². The Morgan fingerprint density at radius 3 is 2.75 bits per heavy atom. The summed E-state index contributed by atoms with van der Waals surface area (Å²) in [5, 5.41) is 12.3. The summed E-state index contributed by atoms with van der Waals surface area (Å²) in [6, 6.07) is 2.04. The second-order valence-electron chi connectivity index (χ2n) is 3.23. The van der Waals surface area contributed by atoms with Gasteiger partial charge in [0.25, 0.3) is 5.91 Å². The number of nitriles is 1. The molecule has 16 heavy (non-hydrogen) atoms. The third kappa shape index (κ3) is 1.95. The van der Waals surface area contributed by atoms with E-state index in [1.54, 1.807) is 0 Å². The Morgan fingerprint density at radius 1 is 1.69 bits per heavy atom. The Hall–Kier alpha value is -1.74. The summed E-state index contributed by atoms with van der Waals surface area (Å²) in [6.45, 7) is 2.72. The van der Waals surface area contributed by atoms with E-state index in [9.17, 15) is 4.79 Å². The minimum absolute atomic E-state index is 0.255. The largest absolute Gasteiger partial charge is 0.396 e. The van der Waals surface area contributed by atoms with Gasteiger partial charge in [0, 0.05) is 20.6 Å². The number of rotatable bonds is 3. The molecule has 0 saturated heterocycles. The number of anilines is 2. The number of amides is 1. The Labute approximate surface area is 98.5 Å². The number of hydrogen-bond donors (Lipinski definition) is 2. The Kier molecular flexibility index (Phi) is 3.74. The fraction of sp³-hybridized carbons (Fsp3) is 0.400. The zero-order valence-corrected chi connectivity index (χ0v) is 10.3. The molecule has 0 radical (unpaired) electrons.